The van der Waals surface area contributed by atoms with Crippen LogP contribution in [0.5, 0.6) is 0 Å². The van der Waals surface area contributed by atoms with E-state index in [9.17, 15) is 4.79 Å². The van der Waals surface area contributed by atoms with Crippen LogP contribution in [0.4, 0.5) is 4.79 Å². The van der Waals surface area contributed by atoms with E-state index in [0.717, 1.165) is 0 Å². The van der Waals surface area contributed by atoms with Crippen LogP contribution in [0.3, 0.4) is 0 Å². The first-order valence-electron chi connectivity index (χ1n) is 4.11. The molecule has 0 atom stereocenters. The maximum atomic E-state index is 11.1. The standard InChI is InChI=1S/C7H18N4O3/c1-6(2,4-8)13-5(12)14-7(9,10)11-3/h11H,4,8-10H2,1-3H3. The van der Waals surface area contributed by atoms with E-state index in [1.807, 2.05) is 0 Å². The first-order valence-corrected chi connectivity index (χ1v) is 4.11. The Labute approximate surface area is 82.9 Å². The highest BCUT2D eigenvalue weighted by molar-refractivity contribution is 5.61. The summed E-state index contributed by atoms with van der Waals surface area (Å²) in [7, 11) is 1.45. The van der Waals surface area contributed by atoms with Crippen molar-refractivity contribution in [3.8, 4) is 0 Å². The average Bonchev–Trinajstić information content (AvgIpc) is 2.02. The van der Waals surface area contributed by atoms with E-state index in [2.05, 4.69) is 10.1 Å². The van der Waals surface area contributed by atoms with Gasteiger partial charge in [0.1, 0.15) is 5.60 Å². The Balaban J connectivity index is 4.12. The third-order valence-corrected chi connectivity index (χ3v) is 1.49. The SMILES string of the molecule is CNC(N)(N)OC(=O)OC(C)(C)CN. The molecule has 0 amide bonds. The second kappa shape index (κ2) is 4.56. The Morgan fingerprint density at radius 1 is 1.36 bits per heavy atom. The number of carbonyl (C=O) groups is 1. The summed E-state index contributed by atoms with van der Waals surface area (Å²) in [4.78, 5) is 11.1. The summed E-state index contributed by atoms with van der Waals surface area (Å²) in [6.07, 6.45) is -0.972. The Hall–Kier alpha value is -0.890. The van der Waals surface area contributed by atoms with E-state index in [4.69, 9.17) is 21.9 Å². The molecule has 7 heteroatoms. The van der Waals surface area contributed by atoms with Crippen molar-refractivity contribution in [2.24, 2.45) is 17.2 Å². The van der Waals surface area contributed by atoms with E-state index < -0.39 is 17.7 Å². The largest absolute Gasteiger partial charge is 0.512 e. The molecule has 7 N–H and O–H groups in total. The number of nitrogens with one attached hydrogen (secondary N) is 1. The molecule has 0 saturated heterocycles. The zero-order valence-corrected chi connectivity index (χ0v) is 8.66. The molecule has 0 rings (SSSR count). The molecule has 0 saturated carbocycles. The molecular weight excluding hydrogens is 188 g/mol. The van der Waals surface area contributed by atoms with Crippen LogP contribution in [0.25, 0.3) is 0 Å². The summed E-state index contributed by atoms with van der Waals surface area (Å²) in [6.45, 7) is 3.45. The molecule has 0 aliphatic heterocycles. The predicted molar refractivity (Wildman–Crippen MR) is 50.9 cm³/mol. The molecule has 0 bridgehead atoms. The molecule has 0 aromatic rings. The van der Waals surface area contributed by atoms with E-state index in [1.54, 1.807) is 13.8 Å². The third kappa shape index (κ3) is 4.97. The fraction of sp³-hybridized carbons (Fsp3) is 0.857. The molecule has 84 valence electrons. The summed E-state index contributed by atoms with van der Waals surface area (Å²) in [5.74, 6) is -1.73. The van der Waals surface area contributed by atoms with E-state index in [1.165, 1.54) is 7.05 Å². The summed E-state index contributed by atoms with van der Waals surface area (Å²) in [5, 5.41) is 2.38. The third-order valence-electron chi connectivity index (χ3n) is 1.49. The maximum Gasteiger partial charge on any atom is 0.512 e. The molecule has 0 aromatic carbocycles. The van der Waals surface area contributed by atoms with Crippen LogP contribution < -0.4 is 22.5 Å². The first-order chi connectivity index (χ1) is 6.22. The molecule has 0 radical (unpaired) electrons. The number of rotatable bonds is 4. The number of hydrogen-bond acceptors (Lipinski definition) is 7. The van der Waals surface area contributed by atoms with Gasteiger partial charge in [-0.15, -0.1) is 0 Å². The summed E-state index contributed by atoms with van der Waals surface area (Å²) in [6, 6.07) is 0. The molecule has 0 heterocycles. The van der Waals surface area contributed by atoms with Crippen LogP contribution >= 0.6 is 0 Å². The average molecular weight is 206 g/mol. The molecule has 0 aromatic heterocycles. The minimum Gasteiger partial charge on any atom is -0.427 e. The van der Waals surface area contributed by atoms with E-state index >= 15 is 0 Å². The molecule has 14 heavy (non-hydrogen) atoms. The first kappa shape index (κ1) is 13.1. The number of ether oxygens (including phenoxy) is 2. The van der Waals surface area contributed by atoms with Crippen molar-refractivity contribution >= 4 is 6.16 Å². The van der Waals surface area contributed by atoms with Crippen LogP contribution in [0.1, 0.15) is 13.8 Å². The van der Waals surface area contributed by atoms with Crippen molar-refractivity contribution in [2.75, 3.05) is 13.6 Å². The van der Waals surface area contributed by atoms with Gasteiger partial charge in [-0.3, -0.25) is 16.8 Å². The normalized spacial score (nSPS) is 12.4. The van der Waals surface area contributed by atoms with Gasteiger partial charge < -0.3 is 15.2 Å². The lowest BCUT2D eigenvalue weighted by Crippen LogP contribution is -2.63. The Kier molecular flexibility index (Phi) is 4.27. The smallest absolute Gasteiger partial charge is 0.427 e. The zero-order chi connectivity index (χ0) is 11.4. The highest BCUT2D eigenvalue weighted by atomic mass is 16.8. The van der Waals surface area contributed by atoms with Crippen molar-refractivity contribution in [2.45, 2.75) is 25.4 Å². The van der Waals surface area contributed by atoms with Crippen LogP contribution in [0, 0.1) is 0 Å². The molecule has 0 aliphatic carbocycles. The Morgan fingerprint density at radius 2 is 1.86 bits per heavy atom. The monoisotopic (exact) mass is 206 g/mol. The van der Waals surface area contributed by atoms with Crippen molar-refractivity contribution in [3.05, 3.63) is 0 Å². The van der Waals surface area contributed by atoms with Gasteiger partial charge in [-0.05, 0) is 20.9 Å². The van der Waals surface area contributed by atoms with Gasteiger partial charge in [0.15, 0.2) is 0 Å². The van der Waals surface area contributed by atoms with Gasteiger partial charge in [0.2, 0.25) is 0 Å². The fourth-order valence-corrected chi connectivity index (χ4v) is 0.477. The van der Waals surface area contributed by atoms with Crippen molar-refractivity contribution < 1.29 is 14.3 Å². The summed E-state index contributed by atoms with van der Waals surface area (Å²) in [5.41, 5.74) is 15.1. The van der Waals surface area contributed by atoms with Gasteiger partial charge in [0, 0.05) is 6.54 Å². The van der Waals surface area contributed by atoms with Crippen LogP contribution in [0.15, 0.2) is 0 Å². The minimum absolute atomic E-state index is 0.170. The van der Waals surface area contributed by atoms with Gasteiger partial charge in [-0.1, -0.05) is 0 Å². The van der Waals surface area contributed by atoms with Crippen LogP contribution in [-0.4, -0.2) is 31.3 Å². The zero-order valence-electron chi connectivity index (χ0n) is 8.66. The van der Waals surface area contributed by atoms with Crippen molar-refractivity contribution in [3.63, 3.8) is 0 Å². The topological polar surface area (TPSA) is 126 Å². The maximum absolute atomic E-state index is 11.1. The molecule has 0 unspecified atom stereocenters. The molecule has 7 nitrogen and oxygen atoms in total. The highest BCUT2D eigenvalue weighted by Crippen LogP contribution is 2.08. The second-order valence-electron chi connectivity index (χ2n) is 3.46. The fourth-order valence-electron chi connectivity index (χ4n) is 0.477. The number of nitrogens with two attached hydrogens (primary N) is 3. The summed E-state index contributed by atoms with van der Waals surface area (Å²) < 4.78 is 9.39. The van der Waals surface area contributed by atoms with Gasteiger partial charge in [-0.2, -0.15) is 0 Å². The van der Waals surface area contributed by atoms with E-state index in [-0.39, 0.29) is 6.54 Å². The van der Waals surface area contributed by atoms with Crippen LogP contribution in [0.2, 0.25) is 0 Å². The number of hydrogen-bond donors (Lipinski definition) is 4. The Morgan fingerprint density at radius 3 is 2.21 bits per heavy atom. The Bertz CT molecular complexity index is 185. The van der Waals surface area contributed by atoms with Gasteiger partial charge in [-0.25, -0.2) is 4.79 Å². The lowest BCUT2D eigenvalue weighted by atomic mass is 10.1. The lowest BCUT2D eigenvalue weighted by Gasteiger charge is -2.27. The highest BCUT2D eigenvalue weighted by Gasteiger charge is 2.27. The van der Waals surface area contributed by atoms with E-state index in [0.29, 0.717) is 0 Å². The van der Waals surface area contributed by atoms with Gasteiger partial charge in [0.25, 0.3) is 5.97 Å². The minimum atomic E-state index is -1.73. The second-order valence-corrected chi connectivity index (χ2v) is 3.46. The quantitative estimate of drug-likeness (QED) is 0.330. The lowest BCUT2D eigenvalue weighted by molar-refractivity contribution is -0.0748. The molecule has 0 aliphatic rings. The van der Waals surface area contributed by atoms with Gasteiger partial charge >= 0.3 is 6.16 Å². The molecule has 0 fully saturated rings. The molecular formula is C7H18N4O3. The molecule has 0 spiro atoms. The predicted octanol–water partition coefficient (Wildman–Crippen LogP) is -1.37. The summed E-state index contributed by atoms with van der Waals surface area (Å²) >= 11 is 0. The van der Waals surface area contributed by atoms with Crippen molar-refractivity contribution in [1.29, 1.82) is 0 Å². The number of carbonyl (C=O) groups excluding carboxylic acids is 1. The van der Waals surface area contributed by atoms with Crippen molar-refractivity contribution in [1.82, 2.24) is 5.32 Å². The van der Waals surface area contributed by atoms with Crippen LogP contribution in [-0.2, 0) is 9.47 Å². The van der Waals surface area contributed by atoms with Gasteiger partial charge in [0.05, 0.1) is 0 Å².